The molecule has 0 N–H and O–H groups in total. The zero-order valence-corrected chi connectivity index (χ0v) is 19.5. The fourth-order valence-corrected chi connectivity index (χ4v) is 4.20. The summed E-state index contributed by atoms with van der Waals surface area (Å²) in [6, 6.07) is 25.6. The maximum atomic E-state index is 12.8. The summed E-state index contributed by atoms with van der Waals surface area (Å²) in [4.78, 5) is 17.2. The van der Waals surface area contributed by atoms with E-state index in [1.165, 1.54) is 0 Å². The lowest BCUT2D eigenvalue weighted by Gasteiger charge is -2.13. The highest BCUT2D eigenvalue weighted by atomic mass is 35.5. The Bertz CT molecular complexity index is 1580. The molecular formula is C28H19ClN2O4. The van der Waals surface area contributed by atoms with Crippen molar-refractivity contribution in [1.82, 2.24) is 4.98 Å². The van der Waals surface area contributed by atoms with E-state index in [2.05, 4.69) is 11.1 Å². The Morgan fingerprint density at radius 3 is 2.60 bits per heavy atom. The van der Waals surface area contributed by atoms with E-state index in [-0.39, 0.29) is 18.5 Å². The SMILES string of the molecule is Cc1cc(Cl)cc2oc(Oc3ccc(OCC(=O)C(C#N)c4cccc5ccccc45)cc3)nc12. The number of nitriles is 1. The van der Waals surface area contributed by atoms with Gasteiger partial charge in [-0.05, 0) is 59.2 Å². The highest BCUT2D eigenvalue weighted by molar-refractivity contribution is 6.31. The first-order valence-corrected chi connectivity index (χ1v) is 11.3. The predicted octanol–water partition coefficient (Wildman–Crippen LogP) is 6.99. The van der Waals surface area contributed by atoms with E-state index < -0.39 is 5.92 Å². The van der Waals surface area contributed by atoms with E-state index in [1.54, 1.807) is 36.4 Å². The summed E-state index contributed by atoms with van der Waals surface area (Å²) in [7, 11) is 0. The summed E-state index contributed by atoms with van der Waals surface area (Å²) in [6.45, 7) is 1.66. The number of aromatic nitrogens is 1. The zero-order chi connectivity index (χ0) is 24.4. The number of oxazole rings is 1. The zero-order valence-electron chi connectivity index (χ0n) is 18.7. The quantitative estimate of drug-likeness (QED) is 0.248. The second kappa shape index (κ2) is 9.49. The van der Waals surface area contributed by atoms with Crippen molar-refractivity contribution in [2.24, 2.45) is 0 Å². The van der Waals surface area contributed by atoms with Gasteiger partial charge in [0.25, 0.3) is 0 Å². The van der Waals surface area contributed by atoms with Gasteiger partial charge < -0.3 is 13.9 Å². The Balaban J connectivity index is 1.25. The Kier molecular flexibility index (Phi) is 6.09. The van der Waals surface area contributed by atoms with Crippen molar-refractivity contribution in [2.45, 2.75) is 12.8 Å². The van der Waals surface area contributed by atoms with Gasteiger partial charge in [0.1, 0.15) is 29.5 Å². The smallest absolute Gasteiger partial charge is 0.400 e. The molecule has 5 aromatic rings. The van der Waals surface area contributed by atoms with Crippen molar-refractivity contribution in [3.63, 3.8) is 0 Å². The molecule has 1 heterocycles. The summed E-state index contributed by atoms with van der Waals surface area (Å²) in [5, 5.41) is 12.1. The number of hydrogen-bond donors (Lipinski definition) is 0. The van der Waals surface area contributed by atoms with E-state index in [4.69, 9.17) is 25.5 Å². The lowest BCUT2D eigenvalue weighted by atomic mass is 9.91. The fraction of sp³-hybridized carbons (Fsp3) is 0.107. The van der Waals surface area contributed by atoms with Crippen LogP contribution < -0.4 is 9.47 Å². The van der Waals surface area contributed by atoms with Crippen molar-refractivity contribution in [1.29, 1.82) is 5.26 Å². The molecule has 0 radical (unpaired) electrons. The molecule has 5 rings (SSSR count). The highest BCUT2D eigenvalue weighted by Gasteiger charge is 2.22. The van der Waals surface area contributed by atoms with Gasteiger partial charge in [-0.1, -0.05) is 54.1 Å². The van der Waals surface area contributed by atoms with Gasteiger partial charge in [0.05, 0.1) is 6.07 Å². The fourth-order valence-electron chi connectivity index (χ4n) is 3.94. The third kappa shape index (κ3) is 4.68. The Morgan fingerprint density at radius 1 is 1.06 bits per heavy atom. The van der Waals surface area contributed by atoms with E-state index in [0.717, 1.165) is 16.3 Å². The third-order valence-corrected chi connectivity index (χ3v) is 5.84. The number of fused-ring (bicyclic) bond motifs is 2. The highest BCUT2D eigenvalue weighted by Crippen LogP contribution is 2.31. The van der Waals surface area contributed by atoms with Crippen LogP contribution in [0.4, 0.5) is 0 Å². The Morgan fingerprint density at radius 2 is 1.80 bits per heavy atom. The summed E-state index contributed by atoms with van der Waals surface area (Å²) in [6.07, 6.45) is 0.0983. The first-order chi connectivity index (χ1) is 17.0. The number of nitrogens with zero attached hydrogens (tertiary/aromatic N) is 2. The number of ketones is 1. The number of carbonyl (C=O) groups is 1. The second-order valence-corrected chi connectivity index (χ2v) is 8.44. The second-order valence-electron chi connectivity index (χ2n) is 8.01. The molecule has 0 aliphatic carbocycles. The van der Waals surface area contributed by atoms with Gasteiger partial charge in [-0.15, -0.1) is 0 Å². The number of ether oxygens (including phenoxy) is 2. The number of rotatable bonds is 7. The number of carbonyl (C=O) groups excluding carboxylic acids is 1. The largest absolute Gasteiger partial charge is 0.486 e. The van der Waals surface area contributed by atoms with Gasteiger partial charge in [-0.2, -0.15) is 10.2 Å². The number of benzene rings is 4. The van der Waals surface area contributed by atoms with Crippen molar-refractivity contribution in [3.05, 3.63) is 95.0 Å². The topological polar surface area (TPSA) is 85.4 Å². The van der Waals surface area contributed by atoms with Crippen LogP contribution in [-0.2, 0) is 4.79 Å². The van der Waals surface area contributed by atoms with E-state index >= 15 is 0 Å². The van der Waals surface area contributed by atoms with Crippen LogP contribution in [0, 0.1) is 18.3 Å². The maximum absolute atomic E-state index is 12.8. The molecule has 0 amide bonds. The van der Waals surface area contributed by atoms with Gasteiger partial charge in [-0.25, -0.2) is 0 Å². The van der Waals surface area contributed by atoms with Gasteiger partial charge >= 0.3 is 6.08 Å². The van der Waals surface area contributed by atoms with E-state index in [0.29, 0.717) is 33.2 Å². The van der Waals surface area contributed by atoms with Gasteiger partial charge in [-0.3, -0.25) is 4.79 Å². The first-order valence-electron chi connectivity index (χ1n) is 10.9. The maximum Gasteiger partial charge on any atom is 0.400 e. The predicted molar refractivity (Wildman–Crippen MR) is 133 cm³/mol. The number of hydrogen-bond acceptors (Lipinski definition) is 6. The molecular weight excluding hydrogens is 464 g/mol. The minimum Gasteiger partial charge on any atom is -0.486 e. The molecule has 0 saturated heterocycles. The van der Waals surface area contributed by atoms with Crippen LogP contribution in [0.2, 0.25) is 5.02 Å². The molecule has 4 aromatic carbocycles. The summed E-state index contributed by atoms with van der Waals surface area (Å²) in [5.41, 5.74) is 2.79. The molecule has 1 aromatic heterocycles. The standard InChI is InChI=1S/C28H19ClN2O4/c1-17-13-19(29)14-26-27(17)31-28(35-26)34-21-11-9-20(10-12-21)33-16-25(32)24(15-30)23-8-4-6-18-5-2-3-7-22(18)23/h2-14,24H,16H2,1H3. The van der Waals surface area contributed by atoms with E-state index in [9.17, 15) is 10.1 Å². The van der Waals surface area contributed by atoms with Crippen LogP contribution in [-0.4, -0.2) is 17.4 Å². The molecule has 35 heavy (non-hydrogen) atoms. The Hall–Kier alpha value is -4.34. The van der Waals surface area contributed by atoms with Crippen LogP contribution >= 0.6 is 11.6 Å². The molecule has 172 valence electrons. The molecule has 0 saturated carbocycles. The molecule has 0 spiro atoms. The summed E-state index contributed by atoms with van der Waals surface area (Å²) in [5.74, 6) is -0.269. The van der Waals surface area contributed by atoms with Gasteiger partial charge in [0.2, 0.25) is 0 Å². The monoisotopic (exact) mass is 482 g/mol. The van der Waals surface area contributed by atoms with Crippen LogP contribution in [0.5, 0.6) is 17.6 Å². The lowest BCUT2D eigenvalue weighted by Crippen LogP contribution is -2.19. The van der Waals surface area contributed by atoms with E-state index in [1.807, 2.05) is 49.4 Å². The van der Waals surface area contributed by atoms with Crippen molar-refractivity contribution >= 4 is 39.3 Å². The van der Waals surface area contributed by atoms with Crippen LogP contribution in [0.1, 0.15) is 17.0 Å². The minimum absolute atomic E-state index is 0.0983. The summed E-state index contributed by atoms with van der Waals surface area (Å²) >= 11 is 6.07. The van der Waals surface area contributed by atoms with Crippen LogP contribution in [0.25, 0.3) is 21.9 Å². The lowest BCUT2D eigenvalue weighted by molar-refractivity contribution is -0.121. The van der Waals surface area contributed by atoms with Crippen molar-refractivity contribution < 1.29 is 18.7 Å². The average Bonchev–Trinajstić information content (AvgIpc) is 3.27. The molecule has 6 nitrogen and oxygen atoms in total. The first kappa shape index (κ1) is 22.5. The van der Waals surface area contributed by atoms with Crippen molar-refractivity contribution in [2.75, 3.05) is 6.61 Å². The minimum atomic E-state index is -0.917. The van der Waals surface area contributed by atoms with Gasteiger partial charge in [0.15, 0.2) is 11.4 Å². The number of Topliss-reactive ketones (excluding diaryl/α,β-unsaturated/α-hetero) is 1. The normalized spacial score (nSPS) is 11.8. The van der Waals surface area contributed by atoms with Crippen LogP contribution in [0.3, 0.4) is 0 Å². The Labute approximate surface area is 206 Å². The summed E-state index contributed by atoms with van der Waals surface area (Å²) < 4.78 is 17.0. The average molecular weight is 483 g/mol. The molecule has 0 aliphatic rings. The third-order valence-electron chi connectivity index (χ3n) is 5.63. The molecule has 7 heteroatoms. The van der Waals surface area contributed by atoms with Crippen molar-refractivity contribution in [3.8, 4) is 23.6 Å². The number of aryl methyl sites for hydroxylation is 1. The molecule has 1 atom stereocenters. The molecule has 0 aliphatic heterocycles. The van der Waals surface area contributed by atoms with Crippen LogP contribution in [0.15, 0.2) is 83.3 Å². The molecule has 0 bridgehead atoms. The molecule has 1 unspecified atom stereocenters. The van der Waals surface area contributed by atoms with Gasteiger partial charge in [0, 0.05) is 11.1 Å². The number of halogens is 1. The molecule has 0 fully saturated rings.